The van der Waals surface area contributed by atoms with Crippen LogP contribution in [0, 0.1) is 0 Å². The molecular formula is C9H6N2O2. The zero-order valence-electron chi connectivity index (χ0n) is 6.68. The number of hydrogen-bond acceptors (Lipinski definition) is 4. The lowest BCUT2D eigenvalue weighted by Crippen LogP contribution is -2.02. The van der Waals surface area contributed by atoms with Crippen molar-refractivity contribution in [3.63, 3.8) is 0 Å². The number of carbonyl (C=O) groups excluding carboxylic acids is 1. The summed E-state index contributed by atoms with van der Waals surface area (Å²) in [5.74, 6) is -0.179. The minimum Gasteiger partial charge on any atom is -0.472 e. The van der Waals surface area contributed by atoms with Crippen LogP contribution in [0.1, 0.15) is 16.1 Å². The molecule has 0 atom stereocenters. The van der Waals surface area contributed by atoms with Gasteiger partial charge >= 0.3 is 0 Å². The Bertz CT molecular complexity index is 395. The molecule has 0 amide bonds. The van der Waals surface area contributed by atoms with Crippen LogP contribution < -0.4 is 0 Å². The molecule has 2 heterocycles. The van der Waals surface area contributed by atoms with Gasteiger partial charge in [-0.1, -0.05) is 0 Å². The molecule has 0 unspecified atom stereocenters. The van der Waals surface area contributed by atoms with Crippen LogP contribution in [0.15, 0.2) is 41.6 Å². The van der Waals surface area contributed by atoms with E-state index in [9.17, 15) is 4.79 Å². The lowest BCUT2D eigenvalue weighted by molar-refractivity contribution is 0.103. The van der Waals surface area contributed by atoms with Crippen molar-refractivity contribution in [2.75, 3.05) is 0 Å². The molecule has 0 radical (unpaired) electrons. The van der Waals surface area contributed by atoms with Crippen molar-refractivity contribution in [1.82, 2.24) is 9.97 Å². The van der Waals surface area contributed by atoms with E-state index in [1.54, 1.807) is 6.07 Å². The fourth-order valence-corrected chi connectivity index (χ4v) is 0.958. The zero-order valence-corrected chi connectivity index (χ0v) is 6.68. The predicted octanol–water partition coefficient (Wildman–Crippen LogP) is 1.30. The average molecular weight is 174 g/mol. The Morgan fingerprint density at radius 2 is 2.31 bits per heavy atom. The minimum atomic E-state index is -0.179. The summed E-state index contributed by atoms with van der Waals surface area (Å²) in [6, 6.07) is 1.59. The Hall–Kier alpha value is -1.97. The number of hydrogen-bond donors (Lipinski definition) is 0. The number of rotatable bonds is 2. The van der Waals surface area contributed by atoms with Gasteiger partial charge in [-0.05, 0) is 6.07 Å². The summed E-state index contributed by atoms with van der Waals surface area (Å²) in [6.07, 6.45) is 7.26. The first-order chi connectivity index (χ1) is 6.38. The van der Waals surface area contributed by atoms with Crippen molar-refractivity contribution in [1.29, 1.82) is 0 Å². The topological polar surface area (TPSA) is 56.0 Å². The highest BCUT2D eigenvalue weighted by Gasteiger charge is 2.10. The van der Waals surface area contributed by atoms with Crippen LogP contribution in [-0.4, -0.2) is 15.8 Å². The van der Waals surface area contributed by atoms with E-state index in [1.807, 2.05) is 0 Å². The van der Waals surface area contributed by atoms with Gasteiger partial charge in [0, 0.05) is 12.4 Å². The van der Waals surface area contributed by atoms with Crippen LogP contribution in [-0.2, 0) is 0 Å². The Labute approximate surface area is 74.2 Å². The second-order valence-corrected chi connectivity index (χ2v) is 2.43. The number of carbonyl (C=O) groups is 1. The van der Waals surface area contributed by atoms with Gasteiger partial charge < -0.3 is 4.42 Å². The minimum absolute atomic E-state index is 0.179. The van der Waals surface area contributed by atoms with E-state index in [1.165, 1.54) is 31.1 Å². The average Bonchev–Trinajstić information content (AvgIpc) is 2.71. The quantitative estimate of drug-likeness (QED) is 0.644. The van der Waals surface area contributed by atoms with Gasteiger partial charge in [-0.2, -0.15) is 0 Å². The Balaban J connectivity index is 2.34. The van der Waals surface area contributed by atoms with Gasteiger partial charge in [0.15, 0.2) is 0 Å². The number of aromatic nitrogens is 2. The summed E-state index contributed by atoms with van der Waals surface area (Å²) in [5, 5.41) is 0. The maximum absolute atomic E-state index is 11.5. The monoisotopic (exact) mass is 174 g/mol. The van der Waals surface area contributed by atoms with Gasteiger partial charge in [0.25, 0.3) is 0 Å². The van der Waals surface area contributed by atoms with Crippen molar-refractivity contribution in [3.8, 4) is 0 Å². The fraction of sp³-hybridized carbons (Fsp3) is 0. The third-order valence-electron chi connectivity index (χ3n) is 1.58. The van der Waals surface area contributed by atoms with E-state index in [0.717, 1.165) is 0 Å². The second-order valence-electron chi connectivity index (χ2n) is 2.43. The van der Waals surface area contributed by atoms with Crippen molar-refractivity contribution in [2.24, 2.45) is 0 Å². The van der Waals surface area contributed by atoms with Crippen molar-refractivity contribution in [2.45, 2.75) is 0 Å². The largest absolute Gasteiger partial charge is 0.472 e. The first-order valence-electron chi connectivity index (χ1n) is 3.71. The maximum Gasteiger partial charge on any atom is 0.216 e. The number of furan rings is 1. The van der Waals surface area contributed by atoms with Gasteiger partial charge in [0.05, 0.1) is 18.0 Å². The SMILES string of the molecule is O=C(c1ccoc1)c1cnccn1. The van der Waals surface area contributed by atoms with Crippen molar-refractivity contribution in [3.05, 3.63) is 48.4 Å². The molecule has 0 spiro atoms. The molecule has 0 aliphatic rings. The third-order valence-corrected chi connectivity index (χ3v) is 1.58. The van der Waals surface area contributed by atoms with E-state index in [4.69, 9.17) is 4.42 Å². The van der Waals surface area contributed by atoms with Gasteiger partial charge in [0.2, 0.25) is 5.78 Å². The fourth-order valence-electron chi connectivity index (χ4n) is 0.958. The molecule has 0 aliphatic carbocycles. The molecule has 0 aliphatic heterocycles. The van der Waals surface area contributed by atoms with Crippen LogP contribution in [0.5, 0.6) is 0 Å². The normalized spacial score (nSPS) is 9.85. The van der Waals surface area contributed by atoms with Crippen LogP contribution in [0.3, 0.4) is 0 Å². The Kier molecular flexibility index (Phi) is 1.88. The van der Waals surface area contributed by atoms with Gasteiger partial charge in [0.1, 0.15) is 12.0 Å². The molecule has 0 aromatic carbocycles. The van der Waals surface area contributed by atoms with Crippen molar-refractivity contribution < 1.29 is 9.21 Å². The molecule has 0 saturated carbocycles. The molecule has 2 rings (SSSR count). The van der Waals surface area contributed by atoms with E-state index in [2.05, 4.69) is 9.97 Å². The molecule has 4 heteroatoms. The highest BCUT2D eigenvalue weighted by atomic mass is 16.3. The van der Waals surface area contributed by atoms with Gasteiger partial charge in [-0.25, -0.2) is 4.98 Å². The van der Waals surface area contributed by atoms with Crippen LogP contribution in [0.2, 0.25) is 0 Å². The Morgan fingerprint density at radius 1 is 1.38 bits per heavy atom. The summed E-state index contributed by atoms with van der Waals surface area (Å²) in [7, 11) is 0. The Morgan fingerprint density at radius 3 is 2.92 bits per heavy atom. The molecule has 13 heavy (non-hydrogen) atoms. The van der Waals surface area contributed by atoms with E-state index < -0.39 is 0 Å². The smallest absolute Gasteiger partial charge is 0.216 e. The first-order valence-corrected chi connectivity index (χ1v) is 3.71. The molecule has 2 aromatic rings. The molecule has 4 nitrogen and oxygen atoms in total. The number of ketones is 1. The molecule has 2 aromatic heterocycles. The standard InChI is InChI=1S/C9H6N2O2/c12-9(7-1-4-13-6-7)8-5-10-2-3-11-8/h1-6H. The van der Waals surface area contributed by atoms with Crippen LogP contribution in [0.25, 0.3) is 0 Å². The lowest BCUT2D eigenvalue weighted by atomic mass is 10.2. The summed E-state index contributed by atoms with van der Waals surface area (Å²) in [6.45, 7) is 0. The highest BCUT2D eigenvalue weighted by Crippen LogP contribution is 2.06. The van der Waals surface area contributed by atoms with Gasteiger partial charge in [-0.3, -0.25) is 9.78 Å². The molecule has 64 valence electrons. The molecule has 0 N–H and O–H groups in total. The molecule has 0 bridgehead atoms. The molecular weight excluding hydrogens is 168 g/mol. The van der Waals surface area contributed by atoms with Crippen LogP contribution in [0.4, 0.5) is 0 Å². The zero-order chi connectivity index (χ0) is 9.10. The third kappa shape index (κ3) is 1.46. The summed E-state index contributed by atoms with van der Waals surface area (Å²) in [5.41, 5.74) is 0.810. The van der Waals surface area contributed by atoms with E-state index in [-0.39, 0.29) is 5.78 Å². The summed E-state index contributed by atoms with van der Waals surface area (Å²) in [4.78, 5) is 19.2. The summed E-state index contributed by atoms with van der Waals surface area (Å²) >= 11 is 0. The van der Waals surface area contributed by atoms with Crippen molar-refractivity contribution >= 4 is 5.78 Å². The summed E-state index contributed by atoms with van der Waals surface area (Å²) < 4.78 is 4.79. The lowest BCUT2D eigenvalue weighted by Gasteiger charge is -1.93. The highest BCUT2D eigenvalue weighted by molar-refractivity contribution is 6.07. The first kappa shape index (κ1) is 7.67. The predicted molar refractivity (Wildman–Crippen MR) is 44.2 cm³/mol. The molecule has 0 saturated heterocycles. The van der Waals surface area contributed by atoms with E-state index in [0.29, 0.717) is 11.3 Å². The van der Waals surface area contributed by atoms with Gasteiger partial charge in [-0.15, -0.1) is 0 Å². The maximum atomic E-state index is 11.5. The van der Waals surface area contributed by atoms with Crippen LogP contribution >= 0.6 is 0 Å². The van der Waals surface area contributed by atoms with E-state index >= 15 is 0 Å². The number of nitrogens with zero attached hydrogens (tertiary/aromatic N) is 2. The second kappa shape index (κ2) is 3.18. The molecule has 0 fully saturated rings.